The van der Waals surface area contributed by atoms with Crippen LogP contribution in [0.25, 0.3) is 0 Å². The number of nitrogens with zero attached hydrogens (tertiary/aromatic N) is 4. The van der Waals surface area contributed by atoms with Crippen LogP contribution in [-0.2, 0) is 17.7 Å². The van der Waals surface area contributed by atoms with Gasteiger partial charge in [-0.2, -0.15) is 15.2 Å². The highest BCUT2D eigenvalue weighted by Gasteiger charge is 2.28. The van der Waals surface area contributed by atoms with Crippen LogP contribution in [0.4, 0.5) is 9.80 Å². The summed E-state index contributed by atoms with van der Waals surface area (Å²) in [5, 5.41) is 12.7. The molecular formula is C18H19N5O5S. The third-order valence-corrected chi connectivity index (χ3v) is 5.36. The van der Waals surface area contributed by atoms with E-state index in [9.17, 15) is 14.9 Å². The number of nitrogens with one attached hydrogen (secondary N) is 1. The summed E-state index contributed by atoms with van der Waals surface area (Å²) in [6, 6.07) is 3.52. The number of nitriles is 1. The molecule has 0 radical (unpaired) electrons. The van der Waals surface area contributed by atoms with Crippen LogP contribution in [0.1, 0.15) is 33.4 Å². The molecule has 11 heteroatoms. The van der Waals surface area contributed by atoms with Crippen LogP contribution in [0, 0.1) is 11.3 Å². The van der Waals surface area contributed by atoms with E-state index in [2.05, 4.69) is 21.4 Å². The lowest BCUT2D eigenvalue weighted by atomic mass is 10.0. The second kappa shape index (κ2) is 8.74. The maximum atomic E-state index is 12.7. The van der Waals surface area contributed by atoms with Gasteiger partial charge in [0.2, 0.25) is 5.88 Å². The smallest absolute Gasteiger partial charge is 0.410 e. The minimum Gasteiger partial charge on any atom is -0.481 e. The van der Waals surface area contributed by atoms with Crippen LogP contribution in [0.15, 0.2) is 6.07 Å². The summed E-state index contributed by atoms with van der Waals surface area (Å²) < 4.78 is 15.1. The number of aromatic nitrogens is 2. The standard InChI is InChI=1S/C18H19N5O5S/c1-4-28-18(25)23-6-5-10-11(8-19)16(29-13(10)9-23)22-15(24)12-7-14(26-2)21-17(20-12)27-3/h7H,4-6,9H2,1-3H3,(H,22,24). The molecule has 0 saturated heterocycles. The highest BCUT2D eigenvalue weighted by molar-refractivity contribution is 7.16. The van der Waals surface area contributed by atoms with Crippen LogP contribution in [0.5, 0.6) is 11.9 Å². The Kier molecular flexibility index (Phi) is 6.13. The number of ether oxygens (including phenoxy) is 3. The molecule has 152 valence electrons. The van der Waals surface area contributed by atoms with E-state index < -0.39 is 12.0 Å². The van der Waals surface area contributed by atoms with Crippen LogP contribution in [0.3, 0.4) is 0 Å². The zero-order chi connectivity index (χ0) is 21.0. The number of thiophene rings is 1. The van der Waals surface area contributed by atoms with Crippen LogP contribution in [-0.4, -0.2) is 54.2 Å². The third kappa shape index (κ3) is 4.22. The van der Waals surface area contributed by atoms with Gasteiger partial charge >= 0.3 is 12.1 Å². The fraction of sp³-hybridized carbons (Fsp3) is 0.389. The first-order valence-corrected chi connectivity index (χ1v) is 9.57. The average Bonchev–Trinajstić information content (AvgIpc) is 3.09. The average molecular weight is 417 g/mol. The molecule has 0 spiro atoms. The molecule has 0 saturated carbocycles. The molecule has 1 aliphatic rings. The number of carbonyl (C=O) groups excluding carboxylic acids is 2. The zero-order valence-corrected chi connectivity index (χ0v) is 17.0. The Hall–Kier alpha value is -3.39. The van der Waals surface area contributed by atoms with Crippen molar-refractivity contribution in [2.24, 2.45) is 0 Å². The Morgan fingerprint density at radius 1 is 1.34 bits per heavy atom. The Labute approximate surface area is 171 Å². The minimum absolute atomic E-state index is 0.00874. The summed E-state index contributed by atoms with van der Waals surface area (Å²) in [4.78, 5) is 35.1. The molecule has 0 aliphatic carbocycles. The van der Waals surface area contributed by atoms with Gasteiger partial charge in [-0.15, -0.1) is 11.3 Å². The van der Waals surface area contributed by atoms with E-state index in [1.165, 1.54) is 31.6 Å². The Morgan fingerprint density at radius 3 is 2.79 bits per heavy atom. The number of hydrogen-bond acceptors (Lipinski definition) is 9. The maximum absolute atomic E-state index is 12.7. The molecule has 2 aromatic heterocycles. The van der Waals surface area contributed by atoms with Crippen molar-refractivity contribution in [3.8, 4) is 18.0 Å². The number of fused-ring (bicyclic) bond motifs is 1. The van der Waals surface area contributed by atoms with Gasteiger partial charge in [0.05, 0.1) is 32.9 Å². The van der Waals surface area contributed by atoms with E-state index in [1.54, 1.807) is 11.8 Å². The van der Waals surface area contributed by atoms with Crippen molar-refractivity contribution in [2.75, 3.05) is 32.7 Å². The van der Waals surface area contributed by atoms with Crippen molar-refractivity contribution in [1.82, 2.24) is 14.9 Å². The highest BCUT2D eigenvalue weighted by Crippen LogP contribution is 2.37. The van der Waals surface area contributed by atoms with E-state index in [-0.39, 0.29) is 17.6 Å². The quantitative estimate of drug-likeness (QED) is 0.784. The van der Waals surface area contributed by atoms with Gasteiger partial charge in [0.25, 0.3) is 5.91 Å². The van der Waals surface area contributed by atoms with Crippen molar-refractivity contribution >= 4 is 28.3 Å². The van der Waals surface area contributed by atoms with Crippen molar-refractivity contribution in [2.45, 2.75) is 19.9 Å². The van der Waals surface area contributed by atoms with Gasteiger partial charge in [0.1, 0.15) is 16.8 Å². The van der Waals surface area contributed by atoms with Gasteiger partial charge in [-0.3, -0.25) is 4.79 Å². The molecule has 1 N–H and O–H groups in total. The van der Waals surface area contributed by atoms with Crippen molar-refractivity contribution in [3.63, 3.8) is 0 Å². The number of amides is 2. The van der Waals surface area contributed by atoms with E-state index >= 15 is 0 Å². The Morgan fingerprint density at radius 2 is 2.14 bits per heavy atom. The summed E-state index contributed by atoms with van der Waals surface area (Å²) in [6.07, 6.45) is 0.120. The SMILES string of the molecule is CCOC(=O)N1CCc2c(sc(NC(=O)c3cc(OC)nc(OC)n3)c2C#N)C1. The minimum atomic E-state index is -0.527. The predicted molar refractivity (Wildman–Crippen MR) is 103 cm³/mol. The molecule has 0 aromatic carbocycles. The third-order valence-electron chi connectivity index (χ3n) is 4.23. The van der Waals surface area contributed by atoms with Crippen molar-refractivity contribution in [1.29, 1.82) is 5.26 Å². The van der Waals surface area contributed by atoms with Gasteiger partial charge in [-0.05, 0) is 18.9 Å². The summed E-state index contributed by atoms with van der Waals surface area (Å²) in [5.74, 6) is -0.348. The normalized spacial score (nSPS) is 12.6. The lowest BCUT2D eigenvalue weighted by molar-refractivity contribution is 0.101. The molecule has 3 rings (SSSR count). The number of methoxy groups -OCH3 is 2. The molecule has 0 atom stereocenters. The zero-order valence-electron chi connectivity index (χ0n) is 16.1. The lowest BCUT2D eigenvalue weighted by Crippen LogP contribution is -2.35. The topological polar surface area (TPSA) is 127 Å². The largest absolute Gasteiger partial charge is 0.481 e. The fourth-order valence-electron chi connectivity index (χ4n) is 2.86. The van der Waals surface area contributed by atoms with Gasteiger partial charge in [0.15, 0.2) is 0 Å². The lowest BCUT2D eigenvalue weighted by Gasteiger charge is -2.25. The Balaban J connectivity index is 1.85. The molecule has 2 aromatic rings. The number of anilines is 1. The molecule has 2 amide bonds. The van der Waals surface area contributed by atoms with Crippen LogP contribution < -0.4 is 14.8 Å². The summed E-state index contributed by atoms with van der Waals surface area (Å²) >= 11 is 1.26. The van der Waals surface area contributed by atoms with Gasteiger partial charge in [0, 0.05) is 17.5 Å². The van der Waals surface area contributed by atoms with Crippen molar-refractivity contribution < 1.29 is 23.8 Å². The van der Waals surface area contributed by atoms with Gasteiger partial charge < -0.3 is 24.4 Å². The van der Waals surface area contributed by atoms with Gasteiger partial charge in [-0.1, -0.05) is 0 Å². The molecule has 29 heavy (non-hydrogen) atoms. The molecular weight excluding hydrogens is 398 g/mol. The monoisotopic (exact) mass is 417 g/mol. The van der Waals surface area contributed by atoms with E-state index in [0.29, 0.717) is 36.7 Å². The highest BCUT2D eigenvalue weighted by atomic mass is 32.1. The second-order valence-electron chi connectivity index (χ2n) is 5.93. The van der Waals surface area contributed by atoms with Crippen molar-refractivity contribution in [3.05, 3.63) is 27.8 Å². The number of hydrogen-bond donors (Lipinski definition) is 1. The fourth-order valence-corrected chi connectivity index (χ4v) is 4.07. The van der Waals surface area contributed by atoms with E-state index in [4.69, 9.17) is 14.2 Å². The summed E-state index contributed by atoms with van der Waals surface area (Å²) in [7, 11) is 2.80. The number of rotatable bonds is 5. The number of carbonyl (C=O) groups is 2. The van der Waals surface area contributed by atoms with E-state index in [0.717, 1.165) is 10.4 Å². The predicted octanol–water partition coefficient (Wildman–Crippen LogP) is 2.19. The second-order valence-corrected chi connectivity index (χ2v) is 7.03. The first kappa shape index (κ1) is 20.3. The first-order valence-electron chi connectivity index (χ1n) is 8.75. The Bertz CT molecular complexity index is 962. The van der Waals surface area contributed by atoms with Crippen LogP contribution >= 0.6 is 11.3 Å². The van der Waals surface area contributed by atoms with Gasteiger partial charge in [-0.25, -0.2) is 4.79 Å². The van der Waals surface area contributed by atoms with Crippen LogP contribution in [0.2, 0.25) is 0 Å². The molecule has 0 bridgehead atoms. The molecule has 10 nitrogen and oxygen atoms in total. The summed E-state index contributed by atoms with van der Waals surface area (Å²) in [5.41, 5.74) is 1.28. The molecule has 0 fully saturated rings. The molecule has 0 unspecified atom stereocenters. The first-order chi connectivity index (χ1) is 14.0. The van der Waals surface area contributed by atoms with E-state index in [1.807, 2.05) is 0 Å². The molecule has 3 heterocycles. The summed E-state index contributed by atoms with van der Waals surface area (Å²) in [6.45, 7) is 2.82. The maximum Gasteiger partial charge on any atom is 0.410 e. The molecule has 1 aliphatic heterocycles.